The highest BCUT2D eigenvalue weighted by atomic mass is 19.2. The molecule has 20 heavy (non-hydrogen) atoms. The van der Waals surface area contributed by atoms with Crippen LogP contribution in [0, 0.1) is 27.7 Å². The Morgan fingerprint density at radius 1 is 1.25 bits per heavy atom. The predicted octanol–water partition coefficient (Wildman–Crippen LogP) is 4.50. The van der Waals surface area contributed by atoms with E-state index in [0.29, 0.717) is 5.92 Å². The topological polar surface area (TPSA) is 55.2 Å². The van der Waals surface area contributed by atoms with Crippen LogP contribution in [0.5, 0.6) is 0 Å². The summed E-state index contributed by atoms with van der Waals surface area (Å²) in [7, 11) is 0. The van der Waals surface area contributed by atoms with Crippen molar-refractivity contribution in [3.8, 4) is 0 Å². The summed E-state index contributed by atoms with van der Waals surface area (Å²) in [6, 6.07) is 1.58. The first-order valence-electron chi connectivity index (χ1n) is 6.71. The Morgan fingerprint density at radius 3 is 2.45 bits per heavy atom. The van der Waals surface area contributed by atoms with E-state index in [1.165, 1.54) is 0 Å². The molecular formula is C14H20F2N2O2. The molecule has 0 spiro atoms. The molecule has 112 valence electrons. The van der Waals surface area contributed by atoms with Crippen LogP contribution in [0.3, 0.4) is 0 Å². The van der Waals surface area contributed by atoms with Crippen LogP contribution in [0.15, 0.2) is 12.1 Å². The van der Waals surface area contributed by atoms with Crippen LogP contribution in [0.25, 0.3) is 0 Å². The van der Waals surface area contributed by atoms with E-state index in [0.717, 1.165) is 31.4 Å². The van der Waals surface area contributed by atoms with Crippen molar-refractivity contribution in [3.63, 3.8) is 0 Å². The van der Waals surface area contributed by atoms with Crippen molar-refractivity contribution in [2.75, 3.05) is 5.32 Å². The van der Waals surface area contributed by atoms with Crippen LogP contribution in [0.2, 0.25) is 0 Å². The summed E-state index contributed by atoms with van der Waals surface area (Å²) < 4.78 is 26.9. The fraction of sp³-hybridized carbons (Fsp3) is 0.571. The molecule has 6 heteroatoms. The number of hydrogen-bond donors (Lipinski definition) is 1. The molecule has 0 radical (unpaired) electrons. The number of anilines is 1. The van der Waals surface area contributed by atoms with Crippen molar-refractivity contribution in [2.24, 2.45) is 5.92 Å². The molecule has 0 saturated heterocycles. The number of rotatable bonds is 7. The van der Waals surface area contributed by atoms with Crippen molar-refractivity contribution in [1.29, 1.82) is 0 Å². The molecule has 4 nitrogen and oxygen atoms in total. The van der Waals surface area contributed by atoms with E-state index in [2.05, 4.69) is 19.2 Å². The Bertz CT molecular complexity index is 478. The Balaban J connectivity index is 2.80. The normalized spacial score (nSPS) is 12.5. The van der Waals surface area contributed by atoms with E-state index in [4.69, 9.17) is 0 Å². The minimum Gasteiger partial charge on any atom is -0.375 e. The lowest BCUT2D eigenvalue weighted by atomic mass is 10.0. The van der Waals surface area contributed by atoms with Crippen molar-refractivity contribution < 1.29 is 13.7 Å². The first kappa shape index (κ1) is 16.3. The molecule has 1 unspecified atom stereocenters. The van der Waals surface area contributed by atoms with E-state index in [1.54, 1.807) is 6.92 Å². The number of nitro benzene ring substituents is 1. The van der Waals surface area contributed by atoms with Crippen LogP contribution >= 0.6 is 0 Å². The van der Waals surface area contributed by atoms with Gasteiger partial charge in [0.15, 0.2) is 17.3 Å². The average Bonchev–Trinajstić information content (AvgIpc) is 2.34. The van der Waals surface area contributed by atoms with Gasteiger partial charge in [0, 0.05) is 12.1 Å². The van der Waals surface area contributed by atoms with E-state index in [-0.39, 0.29) is 11.7 Å². The first-order chi connectivity index (χ1) is 9.32. The maximum absolute atomic E-state index is 13.7. The van der Waals surface area contributed by atoms with Gasteiger partial charge < -0.3 is 5.32 Å². The highest BCUT2D eigenvalue weighted by Crippen LogP contribution is 2.30. The molecular weight excluding hydrogens is 266 g/mol. The maximum Gasteiger partial charge on any atom is 0.295 e. The van der Waals surface area contributed by atoms with Crippen LogP contribution in [0.1, 0.15) is 40.0 Å². The molecule has 1 aromatic carbocycles. The van der Waals surface area contributed by atoms with E-state index >= 15 is 0 Å². The van der Waals surface area contributed by atoms with Crippen molar-refractivity contribution in [3.05, 3.63) is 33.9 Å². The summed E-state index contributed by atoms with van der Waals surface area (Å²) >= 11 is 0. The smallest absolute Gasteiger partial charge is 0.295 e. The highest BCUT2D eigenvalue weighted by molar-refractivity contribution is 5.62. The second-order valence-electron chi connectivity index (χ2n) is 5.38. The van der Waals surface area contributed by atoms with Gasteiger partial charge in [-0.1, -0.05) is 26.7 Å². The molecule has 1 atom stereocenters. The zero-order valence-corrected chi connectivity index (χ0v) is 12.0. The zero-order valence-electron chi connectivity index (χ0n) is 12.0. The lowest BCUT2D eigenvalue weighted by Crippen LogP contribution is -2.17. The minimum absolute atomic E-state index is 0.163. The predicted molar refractivity (Wildman–Crippen MR) is 74.8 cm³/mol. The van der Waals surface area contributed by atoms with Gasteiger partial charge in [-0.05, 0) is 25.3 Å². The molecule has 0 aliphatic carbocycles. The van der Waals surface area contributed by atoms with Gasteiger partial charge in [-0.2, -0.15) is 0 Å². The number of hydrogen-bond acceptors (Lipinski definition) is 3. The molecule has 0 bridgehead atoms. The average molecular weight is 286 g/mol. The summed E-state index contributed by atoms with van der Waals surface area (Å²) in [4.78, 5) is 10.1. The molecule has 0 heterocycles. The van der Waals surface area contributed by atoms with E-state index in [9.17, 15) is 18.9 Å². The fourth-order valence-corrected chi connectivity index (χ4v) is 1.98. The summed E-state index contributed by atoms with van der Waals surface area (Å²) in [5.41, 5.74) is -0.813. The maximum atomic E-state index is 13.7. The second kappa shape index (κ2) is 7.17. The Kier molecular flexibility index (Phi) is 5.85. The summed E-state index contributed by atoms with van der Waals surface area (Å²) in [6.07, 6.45) is 2.70. The van der Waals surface area contributed by atoms with Crippen molar-refractivity contribution in [1.82, 2.24) is 0 Å². The Hall–Kier alpha value is -1.72. The van der Waals surface area contributed by atoms with Gasteiger partial charge in [0.2, 0.25) is 0 Å². The lowest BCUT2D eigenvalue weighted by molar-refractivity contribution is -0.384. The number of benzene rings is 1. The van der Waals surface area contributed by atoms with Crippen LogP contribution in [-0.4, -0.2) is 11.0 Å². The molecule has 0 fully saturated rings. The monoisotopic (exact) mass is 286 g/mol. The molecule has 1 N–H and O–H groups in total. The molecule has 0 saturated carbocycles. The lowest BCUT2D eigenvalue weighted by Gasteiger charge is -2.16. The molecule has 0 aliphatic rings. The molecule has 0 aromatic heterocycles. The molecule has 1 aromatic rings. The molecule has 0 amide bonds. The number of nitrogens with one attached hydrogen (secondary N) is 1. The first-order valence-corrected chi connectivity index (χ1v) is 6.71. The number of nitrogens with zero attached hydrogens (tertiary/aromatic N) is 1. The van der Waals surface area contributed by atoms with Crippen LogP contribution in [0.4, 0.5) is 20.2 Å². The van der Waals surface area contributed by atoms with E-state index in [1.807, 2.05) is 0 Å². The Morgan fingerprint density at radius 2 is 1.90 bits per heavy atom. The Labute approximate surface area is 117 Å². The third-order valence-corrected chi connectivity index (χ3v) is 3.08. The summed E-state index contributed by atoms with van der Waals surface area (Å²) in [5, 5.41) is 13.6. The van der Waals surface area contributed by atoms with Crippen molar-refractivity contribution in [2.45, 2.75) is 46.1 Å². The van der Waals surface area contributed by atoms with Gasteiger partial charge in [-0.15, -0.1) is 0 Å². The third kappa shape index (κ3) is 4.43. The quantitative estimate of drug-likeness (QED) is 0.593. The summed E-state index contributed by atoms with van der Waals surface area (Å²) in [6.45, 7) is 6.01. The highest BCUT2D eigenvalue weighted by Gasteiger charge is 2.22. The van der Waals surface area contributed by atoms with E-state index < -0.39 is 22.2 Å². The number of halogens is 2. The van der Waals surface area contributed by atoms with Crippen molar-refractivity contribution >= 4 is 11.4 Å². The molecule has 0 aliphatic heterocycles. The zero-order chi connectivity index (χ0) is 15.3. The fourth-order valence-electron chi connectivity index (χ4n) is 1.98. The largest absolute Gasteiger partial charge is 0.375 e. The van der Waals surface area contributed by atoms with Gasteiger partial charge in [-0.25, -0.2) is 8.78 Å². The number of nitro groups is 1. The standard InChI is InChI=1S/C14H20F2N2O2/c1-9(2)5-4-6-10(3)17-14-12(18(19)20)8-7-11(15)13(14)16/h7-10,17H,4-6H2,1-3H3. The van der Waals surface area contributed by atoms with Gasteiger partial charge in [0.25, 0.3) is 5.69 Å². The van der Waals surface area contributed by atoms with Gasteiger partial charge >= 0.3 is 0 Å². The van der Waals surface area contributed by atoms with Gasteiger partial charge in [0.1, 0.15) is 0 Å². The SMILES string of the molecule is CC(C)CCCC(C)Nc1c([N+](=O)[O-])ccc(F)c1F. The van der Waals surface area contributed by atoms with Crippen LogP contribution in [-0.2, 0) is 0 Å². The van der Waals surface area contributed by atoms with Gasteiger partial charge in [0.05, 0.1) is 4.92 Å². The van der Waals surface area contributed by atoms with Crippen LogP contribution < -0.4 is 5.32 Å². The second-order valence-corrected chi connectivity index (χ2v) is 5.38. The third-order valence-electron chi connectivity index (χ3n) is 3.08. The summed E-state index contributed by atoms with van der Waals surface area (Å²) in [5.74, 6) is -1.72. The van der Waals surface area contributed by atoms with Gasteiger partial charge in [-0.3, -0.25) is 10.1 Å². The minimum atomic E-state index is -1.20. The molecule has 1 rings (SSSR count).